The van der Waals surface area contributed by atoms with Crippen molar-refractivity contribution in [2.75, 3.05) is 13.1 Å². The number of rotatable bonds is 7. The number of aliphatic imine (C=N–C) groups is 1. The highest BCUT2D eigenvalue weighted by atomic mass is 127. The monoisotopic (exact) mass is 427 g/mol. The van der Waals surface area contributed by atoms with Gasteiger partial charge in [-0.25, -0.2) is 4.99 Å². The van der Waals surface area contributed by atoms with Gasteiger partial charge in [0.25, 0.3) is 0 Å². The molecule has 1 heterocycles. The van der Waals surface area contributed by atoms with Crippen LogP contribution in [0.1, 0.15) is 24.5 Å². The summed E-state index contributed by atoms with van der Waals surface area (Å²) < 4.78 is 1.84. The van der Waals surface area contributed by atoms with E-state index in [0.717, 1.165) is 31.9 Å². The standard InChI is InChI=1S/C17H25N5.HI/c1-3-18-17(20-12-15-8-5-4-6-9-15)19-11-7-10-16-13-21-22(2)14-16;/h4-6,8-9,13-14H,3,7,10-12H2,1-2H3,(H2,18,19,20);1H. The number of hydrogen-bond donors (Lipinski definition) is 2. The second-order valence-electron chi connectivity index (χ2n) is 5.23. The van der Waals surface area contributed by atoms with Crippen molar-refractivity contribution in [3.63, 3.8) is 0 Å². The van der Waals surface area contributed by atoms with Gasteiger partial charge in [0, 0.05) is 26.3 Å². The molecule has 1 aromatic heterocycles. The van der Waals surface area contributed by atoms with Crippen LogP contribution in [0.15, 0.2) is 47.7 Å². The van der Waals surface area contributed by atoms with Gasteiger partial charge in [0.2, 0.25) is 0 Å². The van der Waals surface area contributed by atoms with Crippen LogP contribution in [-0.2, 0) is 20.0 Å². The largest absolute Gasteiger partial charge is 0.357 e. The molecule has 0 saturated heterocycles. The Balaban J connectivity index is 0.00000264. The molecule has 6 heteroatoms. The zero-order chi connectivity index (χ0) is 15.6. The van der Waals surface area contributed by atoms with E-state index in [1.54, 1.807) is 0 Å². The molecule has 2 aromatic rings. The molecule has 23 heavy (non-hydrogen) atoms. The van der Waals surface area contributed by atoms with Crippen molar-refractivity contribution in [2.45, 2.75) is 26.3 Å². The smallest absolute Gasteiger partial charge is 0.191 e. The lowest BCUT2D eigenvalue weighted by atomic mass is 10.2. The molecule has 0 atom stereocenters. The molecule has 0 amide bonds. The highest BCUT2D eigenvalue weighted by molar-refractivity contribution is 14.0. The molecule has 0 aliphatic heterocycles. The summed E-state index contributed by atoms with van der Waals surface area (Å²) in [4.78, 5) is 4.61. The Morgan fingerprint density at radius 1 is 1.17 bits per heavy atom. The topological polar surface area (TPSA) is 54.2 Å². The Morgan fingerprint density at radius 3 is 2.61 bits per heavy atom. The molecule has 0 bridgehead atoms. The lowest BCUT2D eigenvalue weighted by molar-refractivity contribution is 0.740. The maximum atomic E-state index is 4.61. The second kappa shape index (κ2) is 11.0. The summed E-state index contributed by atoms with van der Waals surface area (Å²) in [5.74, 6) is 0.873. The number of hydrogen-bond acceptors (Lipinski definition) is 2. The van der Waals surface area contributed by atoms with Crippen LogP contribution in [0.25, 0.3) is 0 Å². The Bertz CT molecular complexity index is 580. The molecule has 0 radical (unpaired) electrons. The number of guanidine groups is 1. The van der Waals surface area contributed by atoms with Crippen LogP contribution in [0.4, 0.5) is 0 Å². The lowest BCUT2D eigenvalue weighted by Crippen LogP contribution is -2.37. The third-order valence-corrected chi connectivity index (χ3v) is 3.30. The fraction of sp³-hybridized carbons (Fsp3) is 0.412. The Kier molecular flexibility index (Phi) is 9.35. The van der Waals surface area contributed by atoms with Gasteiger partial charge in [-0.3, -0.25) is 4.68 Å². The van der Waals surface area contributed by atoms with Gasteiger partial charge in [-0.1, -0.05) is 30.3 Å². The van der Waals surface area contributed by atoms with E-state index in [0.29, 0.717) is 6.54 Å². The Labute approximate surface area is 155 Å². The highest BCUT2D eigenvalue weighted by Gasteiger charge is 1.99. The van der Waals surface area contributed by atoms with Gasteiger partial charge in [-0.15, -0.1) is 24.0 Å². The summed E-state index contributed by atoms with van der Waals surface area (Å²) in [5.41, 5.74) is 2.49. The predicted octanol–water partition coefficient (Wildman–Crippen LogP) is 2.73. The van der Waals surface area contributed by atoms with Crippen molar-refractivity contribution in [2.24, 2.45) is 12.0 Å². The highest BCUT2D eigenvalue weighted by Crippen LogP contribution is 2.01. The molecule has 1 aromatic carbocycles. The third-order valence-electron chi connectivity index (χ3n) is 3.30. The summed E-state index contributed by atoms with van der Waals surface area (Å²) in [6.45, 7) is 4.53. The molecule has 0 spiro atoms. The number of nitrogens with one attached hydrogen (secondary N) is 2. The summed E-state index contributed by atoms with van der Waals surface area (Å²) in [6, 6.07) is 10.3. The van der Waals surface area contributed by atoms with Crippen LogP contribution in [0, 0.1) is 0 Å². The van der Waals surface area contributed by atoms with E-state index in [1.165, 1.54) is 11.1 Å². The number of halogens is 1. The molecule has 2 rings (SSSR count). The maximum absolute atomic E-state index is 4.61. The SMILES string of the molecule is CCNC(=NCc1ccccc1)NCCCc1cnn(C)c1.I. The van der Waals surface area contributed by atoms with Crippen molar-refractivity contribution in [3.05, 3.63) is 53.9 Å². The van der Waals surface area contributed by atoms with Crippen molar-refractivity contribution in [3.8, 4) is 0 Å². The fourth-order valence-corrected chi connectivity index (χ4v) is 2.20. The normalized spacial score (nSPS) is 11.0. The molecular weight excluding hydrogens is 401 g/mol. The zero-order valence-corrected chi connectivity index (χ0v) is 16.2. The van der Waals surface area contributed by atoms with E-state index in [-0.39, 0.29) is 24.0 Å². The van der Waals surface area contributed by atoms with E-state index < -0.39 is 0 Å². The minimum absolute atomic E-state index is 0. The molecule has 5 nitrogen and oxygen atoms in total. The van der Waals surface area contributed by atoms with Crippen LogP contribution in [0.3, 0.4) is 0 Å². The zero-order valence-electron chi connectivity index (χ0n) is 13.8. The van der Waals surface area contributed by atoms with E-state index in [1.807, 2.05) is 36.1 Å². The minimum atomic E-state index is 0. The third kappa shape index (κ3) is 7.49. The molecule has 0 unspecified atom stereocenters. The molecule has 0 aliphatic carbocycles. The molecular formula is C17H26IN5. The molecule has 2 N–H and O–H groups in total. The van der Waals surface area contributed by atoms with Gasteiger partial charge in [-0.2, -0.15) is 5.10 Å². The predicted molar refractivity (Wildman–Crippen MR) is 106 cm³/mol. The molecule has 0 fully saturated rings. The first kappa shape index (κ1) is 19.5. The first-order valence-electron chi connectivity index (χ1n) is 7.81. The lowest BCUT2D eigenvalue weighted by Gasteiger charge is -2.11. The summed E-state index contributed by atoms with van der Waals surface area (Å²) in [7, 11) is 1.95. The van der Waals surface area contributed by atoms with Gasteiger partial charge >= 0.3 is 0 Å². The molecule has 126 valence electrons. The molecule has 0 saturated carbocycles. The van der Waals surface area contributed by atoms with E-state index >= 15 is 0 Å². The first-order chi connectivity index (χ1) is 10.8. The summed E-state index contributed by atoms with van der Waals surface area (Å²) >= 11 is 0. The van der Waals surface area contributed by atoms with Crippen molar-refractivity contribution in [1.29, 1.82) is 0 Å². The van der Waals surface area contributed by atoms with E-state index in [2.05, 4.69) is 46.0 Å². The average molecular weight is 427 g/mol. The maximum Gasteiger partial charge on any atom is 0.191 e. The van der Waals surface area contributed by atoms with Crippen LogP contribution in [-0.4, -0.2) is 28.8 Å². The number of aromatic nitrogens is 2. The van der Waals surface area contributed by atoms with Gasteiger partial charge in [-0.05, 0) is 30.9 Å². The minimum Gasteiger partial charge on any atom is -0.357 e. The van der Waals surface area contributed by atoms with Gasteiger partial charge in [0.1, 0.15) is 0 Å². The first-order valence-corrected chi connectivity index (χ1v) is 7.81. The number of benzene rings is 1. The quantitative estimate of drug-likeness (QED) is 0.309. The second-order valence-corrected chi connectivity index (χ2v) is 5.23. The Hall–Kier alpha value is -1.57. The van der Waals surface area contributed by atoms with E-state index in [4.69, 9.17) is 0 Å². The van der Waals surface area contributed by atoms with Crippen molar-refractivity contribution in [1.82, 2.24) is 20.4 Å². The van der Waals surface area contributed by atoms with Crippen molar-refractivity contribution >= 4 is 29.9 Å². The van der Waals surface area contributed by atoms with Crippen molar-refractivity contribution < 1.29 is 0 Å². The van der Waals surface area contributed by atoms with Crippen LogP contribution < -0.4 is 10.6 Å². The van der Waals surface area contributed by atoms with Gasteiger partial charge in [0.15, 0.2) is 5.96 Å². The Morgan fingerprint density at radius 2 is 1.96 bits per heavy atom. The van der Waals surface area contributed by atoms with Crippen LogP contribution >= 0.6 is 24.0 Å². The number of nitrogens with zero attached hydrogens (tertiary/aromatic N) is 3. The van der Waals surface area contributed by atoms with Crippen LogP contribution in [0.5, 0.6) is 0 Å². The average Bonchev–Trinajstić information content (AvgIpc) is 2.95. The van der Waals surface area contributed by atoms with Gasteiger partial charge < -0.3 is 10.6 Å². The summed E-state index contributed by atoms with van der Waals surface area (Å²) in [6.07, 6.45) is 6.07. The number of aryl methyl sites for hydroxylation is 2. The van der Waals surface area contributed by atoms with Gasteiger partial charge in [0.05, 0.1) is 12.7 Å². The molecule has 0 aliphatic rings. The van der Waals surface area contributed by atoms with E-state index in [9.17, 15) is 0 Å². The van der Waals surface area contributed by atoms with Crippen LogP contribution in [0.2, 0.25) is 0 Å². The summed E-state index contributed by atoms with van der Waals surface area (Å²) in [5, 5.41) is 10.8. The fourth-order valence-electron chi connectivity index (χ4n) is 2.20.